The lowest BCUT2D eigenvalue weighted by molar-refractivity contribution is 0.312. The molecule has 2 unspecified atom stereocenters. The molecular formula is C11H26N2O2S. The van der Waals surface area contributed by atoms with E-state index in [-0.39, 0.29) is 11.3 Å². The summed E-state index contributed by atoms with van der Waals surface area (Å²) in [5.41, 5.74) is 0. The van der Waals surface area contributed by atoms with Gasteiger partial charge in [0.15, 0.2) is 0 Å². The van der Waals surface area contributed by atoms with Gasteiger partial charge in [-0.1, -0.05) is 20.8 Å². The van der Waals surface area contributed by atoms with Gasteiger partial charge in [-0.25, -0.2) is 12.7 Å². The van der Waals surface area contributed by atoms with E-state index in [1.807, 2.05) is 27.7 Å². The van der Waals surface area contributed by atoms with Crippen LogP contribution in [0, 0.1) is 5.92 Å². The van der Waals surface area contributed by atoms with Crippen LogP contribution in [0.2, 0.25) is 0 Å². The van der Waals surface area contributed by atoms with Crippen molar-refractivity contribution in [3.05, 3.63) is 0 Å². The third-order valence-corrected chi connectivity index (χ3v) is 5.45. The van der Waals surface area contributed by atoms with Gasteiger partial charge >= 0.3 is 0 Å². The van der Waals surface area contributed by atoms with Crippen LogP contribution in [0.4, 0.5) is 0 Å². The highest BCUT2D eigenvalue weighted by Gasteiger charge is 2.29. The predicted molar refractivity (Wildman–Crippen MR) is 69.0 cm³/mol. The van der Waals surface area contributed by atoms with E-state index in [2.05, 4.69) is 5.32 Å². The molecular weight excluding hydrogens is 224 g/mol. The second kappa shape index (κ2) is 6.57. The minimum Gasteiger partial charge on any atom is -0.316 e. The first kappa shape index (κ1) is 15.9. The minimum absolute atomic E-state index is 0.0362. The van der Waals surface area contributed by atoms with Crippen LogP contribution in [0.15, 0.2) is 0 Å². The lowest BCUT2D eigenvalue weighted by Crippen LogP contribution is -2.45. The molecule has 0 spiro atoms. The van der Waals surface area contributed by atoms with Crippen molar-refractivity contribution in [2.24, 2.45) is 5.92 Å². The van der Waals surface area contributed by atoms with E-state index in [4.69, 9.17) is 0 Å². The van der Waals surface area contributed by atoms with Crippen LogP contribution in [0.25, 0.3) is 0 Å². The molecule has 0 aromatic carbocycles. The quantitative estimate of drug-likeness (QED) is 0.741. The van der Waals surface area contributed by atoms with Crippen molar-refractivity contribution in [2.45, 2.75) is 45.9 Å². The molecule has 0 aliphatic heterocycles. The van der Waals surface area contributed by atoms with E-state index in [1.54, 1.807) is 14.0 Å². The van der Waals surface area contributed by atoms with Crippen molar-refractivity contribution in [3.8, 4) is 0 Å². The zero-order chi connectivity index (χ0) is 12.9. The molecule has 0 amide bonds. The van der Waals surface area contributed by atoms with E-state index in [1.165, 1.54) is 4.31 Å². The Balaban J connectivity index is 4.65. The van der Waals surface area contributed by atoms with Gasteiger partial charge in [0.05, 0.1) is 5.25 Å². The molecule has 0 radical (unpaired) electrons. The topological polar surface area (TPSA) is 49.4 Å². The molecule has 4 nitrogen and oxygen atoms in total. The van der Waals surface area contributed by atoms with E-state index in [9.17, 15) is 8.42 Å². The van der Waals surface area contributed by atoms with E-state index in [0.717, 1.165) is 6.54 Å². The molecule has 1 N–H and O–H groups in total. The van der Waals surface area contributed by atoms with Crippen molar-refractivity contribution in [2.75, 3.05) is 20.1 Å². The van der Waals surface area contributed by atoms with Crippen molar-refractivity contribution < 1.29 is 8.42 Å². The van der Waals surface area contributed by atoms with Gasteiger partial charge < -0.3 is 5.32 Å². The number of hydrogen-bond acceptors (Lipinski definition) is 3. The molecule has 5 heteroatoms. The molecule has 0 aliphatic rings. The minimum atomic E-state index is -3.18. The summed E-state index contributed by atoms with van der Waals surface area (Å²) in [7, 11) is -1.52. The van der Waals surface area contributed by atoms with Gasteiger partial charge in [-0.05, 0) is 26.3 Å². The van der Waals surface area contributed by atoms with Crippen LogP contribution in [0.3, 0.4) is 0 Å². The Labute approximate surface area is 100 Å². The number of sulfonamides is 1. The van der Waals surface area contributed by atoms with Gasteiger partial charge in [0.25, 0.3) is 0 Å². The Morgan fingerprint density at radius 3 is 2.06 bits per heavy atom. The van der Waals surface area contributed by atoms with E-state index >= 15 is 0 Å². The second-order valence-electron chi connectivity index (χ2n) is 4.66. The second-order valence-corrected chi connectivity index (χ2v) is 7.07. The standard InChI is InChI=1S/C11H26N2O2S/c1-7-12-8-10(4)16(14,15)13(6)11(5)9(2)3/h9-12H,7-8H2,1-6H3. The molecule has 0 fully saturated rings. The summed E-state index contributed by atoms with van der Waals surface area (Å²) < 4.78 is 25.8. The molecule has 0 aromatic rings. The summed E-state index contributed by atoms with van der Waals surface area (Å²) in [5.74, 6) is 0.325. The fourth-order valence-corrected chi connectivity index (χ4v) is 2.99. The average molecular weight is 250 g/mol. The van der Waals surface area contributed by atoms with Crippen LogP contribution in [0.5, 0.6) is 0 Å². The predicted octanol–water partition coefficient (Wildman–Crippen LogP) is 1.29. The normalized spacial score (nSPS) is 16.8. The van der Waals surface area contributed by atoms with Crippen molar-refractivity contribution in [1.82, 2.24) is 9.62 Å². The fourth-order valence-electron chi connectivity index (χ4n) is 1.39. The van der Waals surface area contributed by atoms with E-state index < -0.39 is 10.0 Å². The van der Waals surface area contributed by atoms with Gasteiger partial charge in [-0.3, -0.25) is 0 Å². The summed E-state index contributed by atoms with van der Waals surface area (Å²) in [6.45, 7) is 11.0. The highest BCUT2D eigenvalue weighted by molar-refractivity contribution is 7.89. The average Bonchev–Trinajstić information content (AvgIpc) is 2.23. The molecule has 2 atom stereocenters. The van der Waals surface area contributed by atoms with Gasteiger partial charge in [-0.2, -0.15) is 0 Å². The number of nitrogens with one attached hydrogen (secondary N) is 1. The molecule has 16 heavy (non-hydrogen) atoms. The van der Waals surface area contributed by atoms with E-state index in [0.29, 0.717) is 12.5 Å². The van der Waals surface area contributed by atoms with Crippen molar-refractivity contribution in [1.29, 1.82) is 0 Å². The summed E-state index contributed by atoms with van der Waals surface area (Å²) in [6.07, 6.45) is 0. The number of hydrogen-bond donors (Lipinski definition) is 1. The largest absolute Gasteiger partial charge is 0.316 e. The van der Waals surface area contributed by atoms with Crippen molar-refractivity contribution in [3.63, 3.8) is 0 Å². The smallest absolute Gasteiger partial charge is 0.217 e. The summed E-state index contributed by atoms with van der Waals surface area (Å²) in [5, 5.41) is 2.70. The summed E-state index contributed by atoms with van der Waals surface area (Å²) in [4.78, 5) is 0. The SMILES string of the molecule is CCNCC(C)S(=O)(=O)N(C)C(C)C(C)C. The van der Waals surface area contributed by atoms with Gasteiger partial charge in [-0.15, -0.1) is 0 Å². The van der Waals surface area contributed by atoms with Crippen LogP contribution < -0.4 is 5.32 Å². The summed E-state index contributed by atoms with van der Waals surface area (Å²) >= 11 is 0. The van der Waals surface area contributed by atoms with Crippen LogP contribution in [0.1, 0.15) is 34.6 Å². The first-order chi connectivity index (χ1) is 7.25. The molecule has 0 rings (SSSR count). The molecule has 0 bridgehead atoms. The Morgan fingerprint density at radius 2 is 1.69 bits per heavy atom. The maximum absolute atomic E-state index is 12.2. The Hall–Kier alpha value is -0.130. The van der Waals surface area contributed by atoms with Crippen LogP contribution >= 0.6 is 0 Å². The number of rotatable bonds is 7. The molecule has 0 saturated carbocycles. The zero-order valence-corrected chi connectivity index (χ0v) is 12.1. The monoisotopic (exact) mass is 250 g/mol. The van der Waals surface area contributed by atoms with Crippen molar-refractivity contribution >= 4 is 10.0 Å². The molecule has 0 saturated heterocycles. The maximum atomic E-state index is 12.2. The first-order valence-electron chi connectivity index (χ1n) is 5.92. The lowest BCUT2D eigenvalue weighted by atomic mass is 10.1. The number of nitrogens with zero attached hydrogens (tertiary/aromatic N) is 1. The fraction of sp³-hybridized carbons (Fsp3) is 1.00. The van der Waals surface area contributed by atoms with Gasteiger partial charge in [0.1, 0.15) is 0 Å². The Bertz CT molecular complexity index is 288. The maximum Gasteiger partial charge on any atom is 0.217 e. The highest BCUT2D eigenvalue weighted by atomic mass is 32.2. The highest BCUT2D eigenvalue weighted by Crippen LogP contribution is 2.15. The lowest BCUT2D eigenvalue weighted by Gasteiger charge is -2.29. The third-order valence-electron chi connectivity index (χ3n) is 3.13. The third kappa shape index (κ3) is 4.03. The van der Waals surface area contributed by atoms with Gasteiger partial charge in [0.2, 0.25) is 10.0 Å². The zero-order valence-electron chi connectivity index (χ0n) is 11.3. The van der Waals surface area contributed by atoms with Crippen LogP contribution in [-0.4, -0.2) is 44.2 Å². The molecule has 0 aliphatic carbocycles. The molecule has 0 heterocycles. The van der Waals surface area contributed by atoms with Gasteiger partial charge in [0, 0.05) is 19.6 Å². The first-order valence-corrected chi connectivity index (χ1v) is 7.43. The Morgan fingerprint density at radius 1 is 1.19 bits per heavy atom. The van der Waals surface area contributed by atoms with Crippen LogP contribution in [-0.2, 0) is 10.0 Å². The molecule has 0 aromatic heterocycles. The Kier molecular flexibility index (Phi) is 6.51. The molecule has 98 valence electrons. The summed E-state index contributed by atoms with van der Waals surface area (Å²) in [6, 6.07) is 0.0362.